The number of hydrogen-bond acceptors (Lipinski definition) is 6. The van der Waals surface area contributed by atoms with Gasteiger partial charge in [0.25, 0.3) is 5.56 Å². The molecule has 0 saturated carbocycles. The molecule has 8 nitrogen and oxygen atoms in total. The molecule has 0 aliphatic carbocycles. The van der Waals surface area contributed by atoms with Crippen molar-refractivity contribution in [3.8, 4) is 11.5 Å². The Labute approximate surface area is 228 Å². The van der Waals surface area contributed by atoms with Crippen LogP contribution in [0.15, 0.2) is 65.6 Å². The Morgan fingerprint density at radius 2 is 1.82 bits per heavy atom. The van der Waals surface area contributed by atoms with E-state index in [-0.39, 0.29) is 31.3 Å². The molecule has 0 bridgehead atoms. The topological polar surface area (TPSA) is 95.9 Å². The van der Waals surface area contributed by atoms with E-state index < -0.39 is 18.1 Å². The van der Waals surface area contributed by atoms with Crippen molar-refractivity contribution in [2.45, 2.75) is 65.0 Å². The van der Waals surface area contributed by atoms with Crippen LogP contribution in [0.2, 0.25) is 0 Å². The average molecular weight is 533 g/mol. The molecule has 2 atom stereocenters. The van der Waals surface area contributed by atoms with Gasteiger partial charge < -0.3 is 24.1 Å². The molecule has 1 aliphatic rings. The van der Waals surface area contributed by atoms with Gasteiger partial charge in [0, 0.05) is 18.2 Å². The van der Waals surface area contributed by atoms with Crippen molar-refractivity contribution in [2.75, 3.05) is 13.4 Å². The lowest BCUT2D eigenvalue weighted by atomic mass is 10.0. The molecule has 0 radical (unpaired) electrons. The number of nitrogens with one attached hydrogen (secondary N) is 1. The van der Waals surface area contributed by atoms with Crippen LogP contribution >= 0.6 is 0 Å². The summed E-state index contributed by atoms with van der Waals surface area (Å²) in [7, 11) is 0. The molecule has 0 spiro atoms. The molecule has 1 aliphatic heterocycles. The number of hydrogen-bond donors (Lipinski definition) is 1. The third-order valence-corrected chi connectivity index (χ3v) is 6.75. The number of rotatable bonds is 12. The Morgan fingerprint density at radius 1 is 1.05 bits per heavy atom. The summed E-state index contributed by atoms with van der Waals surface area (Å²) in [6, 6.07) is 15.6. The zero-order valence-electron chi connectivity index (χ0n) is 22.8. The molecule has 2 aromatic carbocycles. The van der Waals surface area contributed by atoms with E-state index in [0.29, 0.717) is 35.5 Å². The highest BCUT2D eigenvalue weighted by molar-refractivity contribution is 5.82. The van der Waals surface area contributed by atoms with Gasteiger partial charge in [-0.25, -0.2) is 0 Å². The molecule has 0 saturated heterocycles. The summed E-state index contributed by atoms with van der Waals surface area (Å²) in [4.78, 5) is 40.0. The second-order valence-corrected chi connectivity index (χ2v) is 9.76. The van der Waals surface area contributed by atoms with Gasteiger partial charge in [0.1, 0.15) is 6.04 Å². The van der Waals surface area contributed by atoms with E-state index in [1.165, 1.54) is 0 Å². The van der Waals surface area contributed by atoms with E-state index in [1.54, 1.807) is 35.9 Å². The Hall–Kier alpha value is -4.07. The highest BCUT2D eigenvalue weighted by Gasteiger charge is 2.28. The van der Waals surface area contributed by atoms with Crippen molar-refractivity contribution in [1.82, 2.24) is 9.88 Å². The number of carbonyl (C=O) groups excluding carboxylic acids is 2. The number of esters is 1. The zero-order valence-corrected chi connectivity index (χ0v) is 22.8. The van der Waals surface area contributed by atoms with Gasteiger partial charge in [-0.1, -0.05) is 56.2 Å². The van der Waals surface area contributed by atoms with Gasteiger partial charge in [0.15, 0.2) is 11.5 Å². The van der Waals surface area contributed by atoms with Gasteiger partial charge in [-0.15, -0.1) is 0 Å². The van der Waals surface area contributed by atoms with Gasteiger partial charge in [-0.2, -0.15) is 0 Å². The van der Waals surface area contributed by atoms with Crippen molar-refractivity contribution in [1.29, 1.82) is 0 Å². The molecule has 4 rings (SSSR count). The van der Waals surface area contributed by atoms with Crippen LogP contribution in [0.25, 0.3) is 0 Å². The Balaban J connectivity index is 1.65. The van der Waals surface area contributed by atoms with E-state index in [9.17, 15) is 14.4 Å². The minimum atomic E-state index is -0.731. The van der Waals surface area contributed by atoms with Crippen LogP contribution in [0.3, 0.4) is 0 Å². The van der Waals surface area contributed by atoms with E-state index in [2.05, 4.69) is 5.32 Å². The SMILES string of the molecule is CCCC[C@@H](C(=O)N[C@@H](CC(=O)OCC)c1ccc2c(c1)OCO2)n1cc(C)cc(Cc2ccccc2)c1=O. The number of pyridine rings is 1. The Morgan fingerprint density at radius 3 is 2.56 bits per heavy atom. The van der Waals surface area contributed by atoms with Crippen molar-refractivity contribution in [3.63, 3.8) is 0 Å². The van der Waals surface area contributed by atoms with Crippen LogP contribution in [0, 0.1) is 6.92 Å². The van der Waals surface area contributed by atoms with E-state index in [1.807, 2.05) is 50.2 Å². The van der Waals surface area contributed by atoms with E-state index >= 15 is 0 Å². The van der Waals surface area contributed by atoms with Crippen LogP contribution < -0.4 is 20.3 Å². The number of aromatic nitrogens is 1. The Kier molecular flexibility index (Phi) is 9.41. The molecule has 39 heavy (non-hydrogen) atoms. The van der Waals surface area contributed by atoms with Crippen LogP contribution in [0.1, 0.15) is 73.9 Å². The van der Waals surface area contributed by atoms with Gasteiger partial charge in [0.05, 0.1) is 19.1 Å². The summed E-state index contributed by atoms with van der Waals surface area (Å²) in [6.45, 7) is 6.07. The Bertz CT molecular complexity index is 1350. The van der Waals surface area contributed by atoms with Gasteiger partial charge in [-0.3, -0.25) is 14.4 Å². The molecule has 206 valence electrons. The third-order valence-electron chi connectivity index (χ3n) is 6.75. The first-order valence-corrected chi connectivity index (χ1v) is 13.5. The molecule has 1 N–H and O–H groups in total. The molecular weight excluding hydrogens is 496 g/mol. The third kappa shape index (κ3) is 7.07. The minimum Gasteiger partial charge on any atom is -0.466 e. The smallest absolute Gasteiger partial charge is 0.308 e. The van der Waals surface area contributed by atoms with Crippen molar-refractivity contribution < 1.29 is 23.8 Å². The molecular formula is C31H36N2O6. The van der Waals surface area contributed by atoms with Gasteiger partial charge >= 0.3 is 5.97 Å². The fourth-order valence-corrected chi connectivity index (χ4v) is 4.82. The normalized spacial score (nSPS) is 13.5. The number of amides is 1. The number of nitrogens with zero attached hydrogens (tertiary/aromatic N) is 1. The van der Waals surface area contributed by atoms with Crippen LogP contribution in [-0.4, -0.2) is 29.8 Å². The maximum atomic E-state index is 13.9. The maximum Gasteiger partial charge on any atom is 0.308 e. The van der Waals surface area contributed by atoms with Crippen LogP contribution in [0.4, 0.5) is 0 Å². The molecule has 0 fully saturated rings. The molecule has 1 amide bonds. The second-order valence-electron chi connectivity index (χ2n) is 9.76. The first kappa shape index (κ1) is 28.0. The van der Waals surface area contributed by atoms with Crippen LogP contribution in [-0.2, 0) is 20.7 Å². The number of aryl methyl sites for hydroxylation is 1. The van der Waals surface area contributed by atoms with Crippen molar-refractivity contribution >= 4 is 11.9 Å². The van der Waals surface area contributed by atoms with Crippen molar-refractivity contribution in [3.05, 3.63) is 93.4 Å². The fraction of sp³-hybridized carbons (Fsp3) is 0.387. The van der Waals surface area contributed by atoms with Gasteiger partial charge in [-0.05, 0) is 55.2 Å². The van der Waals surface area contributed by atoms with E-state index in [0.717, 1.165) is 24.0 Å². The minimum absolute atomic E-state index is 0.0539. The second kappa shape index (κ2) is 13.1. The summed E-state index contributed by atoms with van der Waals surface area (Å²) in [5.74, 6) is 0.411. The largest absolute Gasteiger partial charge is 0.466 e. The van der Waals surface area contributed by atoms with Crippen LogP contribution in [0.5, 0.6) is 11.5 Å². The average Bonchev–Trinajstić information content (AvgIpc) is 3.40. The highest BCUT2D eigenvalue weighted by atomic mass is 16.7. The molecule has 8 heteroatoms. The molecule has 1 aromatic heterocycles. The number of carbonyl (C=O) groups is 2. The summed E-state index contributed by atoms with van der Waals surface area (Å²) < 4.78 is 17.7. The predicted molar refractivity (Wildman–Crippen MR) is 148 cm³/mol. The highest BCUT2D eigenvalue weighted by Crippen LogP contribution is 2.35. The summed E-state index contributed by atoms with van der Waals surface area (Å²) in [6.07, 6.45) is 4.30. The standard InChI is InChI=1S/C31H36N2O6/c1-4-6-12-26(33-19-21(3)15-24(31(33)36)16-22-10-8-7-9-11-22)30(35)32-25(18-29(34)37-5-2)23-13-14-27-28(17-23)39-20-38-27/h7-11,13-15,17,19,25-26H,4-6,12,16,18,20H2,1-3H3,(H,32,35)/t25-,26-/m0/s1. The zero-order chi connectivity index (χ0) is 27.8. The summed E-state index contributed by atoms with van der Waals surface area (Å²) in [5, 5.41) is 3.04. The number of ether oxygens (including phenoxy) is 3. The number of unbranched alkanes of at least 4 members (excludes halogenated alkanes) is 1. The first-order chi connectivity index (χ1) is 18.9. The molecule has 2 heterocycles. The van der Waals surface area contributed by atoms with Crippen molar-refractivity contribution in [2.24, 2.45) is 0 Å². The lowest BCUT2D eigenvalue weighted by Gasteiger charge is -2.25. The molecule has 0 unspecified atom stereocenters. The number of fused-ring (bicyclic) bond motifs is 1. The fourth-order valence-electron chi connectivity index (χ4n) is 4.82. The summed E-state index contributed by atoms with van der Waals surface area (Å²) in [5.41, 5.74) is 3.06. The number of benzene rings is 2. The summed E-state index contributed by atoms with van der Waals surface area (Å²) >= 11 is 0. The quantitative estimate of drug-likeness (QED) is 0.329. The van der Waals surface area contributed by atoms with E-state index in [4.69, 9.17) is 14.2 Å². The lowest BCUT2D eigenvalue weighted by molar-refractivity contribution is -0.143. The lowest BCUT2D eigenvalue weighted by Crippen LogP contribution is -2.40. The first-order valence-electron chi connectivity index (χ1n) is 13.5. The van der Waals surface area contributed by atoms with Gasteiger partial charge in [0.2, 0.25) is 12.7 Å². The monoisotopic (exact) mass is 532 g/mol. The molecule has 3 aromatic rings. The predicted octanol–water partition coefficient (Wildman–Crippen LogP) is 5.02. The maximum absolute atomic E-state index is 13.9.